The van der Waals surface area contributed by atoms with Gasteiger partial charge >= 0.3 is 0 Å². The molecule has 0 bridgehead atoms. The molecule has 0 amide bonds. The van der Waals surface area contributed by atoms with Crippen molar-refractivity contribution in [2.75, 3.05) is 0 Å². The van der Waals surface area contributed by atoms with E-state index in [9.17, 15) is 4.79 Å². The normalized spacial score (nSPS) is 11.8. The van der Waals surface area contributed by atoms with Crippen molar-refractivity contribution in [3.05, 3.63) is 64.9 Å². The number of rotatable bonds is 1. The number of aromatic nitrogens is 2. The Hall–Kier alpha value is -2.13. The summed E-state index contributed by atoms with van der Waals surface area (Å²) in [5.74, 6) is 0.647. The van der Waals surface area contributed by atoms with Crippen LogP contribution in [0, 0.1) is 0 Å². The second-order valence-corrected chi connectivity index (χ2v) is 6.76. The summed E-state index contributed by atoms with van der Waals surface area (Å²) in [6.45, 7) is 6.14. The molecule has 0 aliphatic carbocycles. The van der Waals surface area contributed by atoms with Crippen LogP contribution in [0.3, 0.4) is 0 Å². The Bertz CT molecular complexity index is 845. The van der Waals surface area contributed by atoms with E-state index in [0.29, 0.717) is 10.6 Å². The van der Waals surface area contributed by atoms with Gasteiger partial charge in [-0.2, -0.15) is 0 Å². The van der Waals surface area contributed by atoms with Gasteiger partial charge in [-0.15, -0.1) is 0 Å². The topological polar surface area (TPSA) is 34.9 Å². The van der Waals surface area contributed by atoms with Crippen molar-refractivity contribution < 1.29 is 4.79 Å². The minimum Gasteiger partial charge on any atom is -0.268 e. The fourth-order valence-corrected chi connectivity index (χ4v) is 2.63. The number of halogens is 1. The molecule has 0 radical (unpaired) electrons. The molecule has 3 rings (SSSR count). The van der Waals surface area contributed by atoms with E-state index in [2.05, 4.69) is 4.98 Å². The number of imidazole rings is 1. The van der Waals surface area contributed by atoms with Crippen LogP contribution in [0.25, 0.3) is 11.0 Å². The first-order valence-electron chi connectivity index (χ1n) is 7.16. The number of benzene rings is 2. The van der Waals surface area contributed by atoms with E-state index < -0.39 is 0 Å². The van der Waals surface area contributed by atoms with Gasteiger partial charge in [0, 0.05) is 16.0 Å². The van der Waals surface area contributed by atoms with E-state index in [4.69, 9.17) is 11.6 Å². The molecule has 22 heavy (non-hydrogen) atoms. The summed E-state index contributed by atoms with van der Waals surface area (Å²) >= 11 is 6.11. The second-order valence-electron chi connectivity index (χ2n) is 6.33. The van der Waals surface area contributed by atoms with E-state index in [0.717, 1.165) is 16.9 Å². The first kappa shape index (κ1) is 14.8. The number of carbonyl (C=O) groups is 1. The average molecular weight is 313 g/mol. The Morgan fingerprint density at radius 3 is 2.41 bits per heavy atom. The lowest BCUT2D eigenvalue weighted by molar-refractivity contribution is 0.0957. The van der Waals surface area contributed by atoms with Crippen LogP contribution in [-0.4, -0.2) is 15.5 Å². The van der Waals surface area contributed by atoms with Gasteiger partial charge in [-0.3, -0.25) is 9.36 Å². The average Bonchev–Trinajstić information content (AvgIpc) is 2.86. The minimum absolute atomic E-state index is 0.0877. The number of hydrogen-bond donors (Lipinski definition) is 0. The van der Waals surface area contributed by atoms with E-state index >= 15 is 0 Å². The Kier molecular flexibility index (Phi) is 3.53. The molecule has 0 saturated carbocycles. The Morgan fingerprint density at radius 1 is 1.09 bits per heavy atom. The predicted octanol–water partition coefficient (Wildman–Crippen LogP) is 4.68. The fraction of sp³-hybridized carbons (Fsp3) is 0.222. The molecule has 1 aromatic heterocycles. The molecular weight excluding hydrogens is 296 g/mol. The third-order valence-corrected chi connectivity index (χ3v) is 3.75. The van der Waals surface area contributed by atoms with Gasteiger partial charge in [0.15, 0.2) is 0 Å². The van der Waals surface area contributed by atoms with Crippen molar-refractivity contribution in [2.45, 2.75) is 26.2 Å². The summed E-state index contributed by atoms with van der Waals surface area (Å²) in [7, 11) is 0. The number of nitrogens with zero attached hydrogens (tertiary/aromatic N) is 2. The molecule has 0 fully saturated rings. The van der Waals surface area contributed by atoms with Gasteiger partial charge < -0.3 is 0 Å². The summed E-state index contributed by atoms with van der Waals surface area (Å²) in [5.41, 5.74) is 1.90. The number of carbonyl (C=O) groups excluding carboxylic acids is 1. The SMILES string of the molecule is CC(C)(C)c1nc2ccc(Cl)cc2n1C(=O)c1ccccc1. The van der Waals surface area contributed by atoms with Crippen LogP contribution in [0.4, 0.5) is 0 Å². The lowest BCUT2D eigenvalue weighted by Crippen LogP contribution is -2.24. The smallest absolute Gasteiger partial charge is 0.263 e. The van der Waals surface area contributed by atoms with Crippen LogP contribution in [0.2, 0.25) is 5.02 Å². The number of hydrogen-bond acceptors (Lipinski definition) is 2. The van der Waals surface area contributed by atoms with Crippen molar-refractivity contribution in [3.8, 4) is 0 Å². The zero-order valence-corrected chi connectivity index (χ0v) is 13.6. The van der Waals surface area contributed by atoms with Gasteiger partial charge in [-0.05, 0) is 30.3 Å². The highest BCUT2D eigenvalue weighted by atomic mass is 35.5. The highest BCUT2D eigenvalue weighted by Crippen LogP contribution is 2.28. The molecule has 0 aliphatic rings. The van der Waals surface area contributed by atoms with Crippen molar-refractivity contribution in [2.24, 2.45) is 0 Å². The van der Waals surface area contributed by atoms with Crippen LogP contribution < -0.4 is 0 Å². The summed E-state index contributed by atoms with van der Waals surface area (Å²) in [4.78, 5) is 17.6. The third-order valence-electron chi connectivity index (χ3n) is 3.51. The highest BCUT2D eigenvalue weighted by molar-refractivity contribution is 6.31. The maximum Gasteiger partial charge on any atom is 0.263 e. The first-order chi connectivity index (χ1) is 10.4. The van der Waals surface area contributed by atoms with E-state index in [1.165, 1.54) is 0 Å². The van der Waals surface area contributed by atoms with Crippen LogP contribution in [0.1, 0.15) is 37.0 Å². The van der Waals surface area contributed by atoms with Gasteiger partial charge in [-0.1, -0.05) is 50.6 Å². The van der Waals surface area contributed by atoms with Crippen LogP contribution in [0.5, 0.6) is 0 Å². The highest BCUT2D eigenvalue weighted by Gasteiger charge is 2.26. The van der Waals surface area contributed by atoms with E-state index in [-0.39, 0.29) is 11.3 Å². The third kappa shape index (κ3) is 2.53. The largest absolute Gasteiger partial charge is 0.268 e. The molecule has 3 nitrogen and oxygen atoms in total. The Labute approximate surface area is 134 Å². The maximum atomic E-state index is 13.0. The van der Waals surface area contributed by atoms with Crippen molar-refractivity contribution in [3.63, 3.8) is 0 Å². The van der Waals surface area contributed by atoms with Crippen molar-refractivity contribution >= 4 is 28.5 Å². The number of fused-ring (bicyclic) bond motifs is 1. The van der Waals surface area contributed by atoms with Gasteiger partial charge in [0.05, 0.1) is 11.0 Å². The van der Waals surface area contributed by atoms with Gasteiger partial charge in [-0.25, -0.2) is 4.98 Å². The van der Waals surface area contributed by atoms with Crippen LogP contribution >= 0.6 is 11.6 Å². The molecule has 4 heteroatoms. The first-order valence-corrected chi connectivity index (χ1v) is 7.54. The zero-order chi connectivity index (χ0) is 15.9. The van der Waals surface area contributed by atoms with Crippen LogP contribution in [-0.2, 0) is 5.41 Å². The van der Waals surface area contributed by atoms with Gasteiger partial charge in [0.1, 0.15) is 5.82 Å². The molecule has 0 saturated heterocycles. The van der Waals surface area contributed by atoms with E-state index in [1.807, 2.05) is 57.2 Å². The van der Waals surface area contributed by atoms with Gasteiger partial charge in [0.2, 0.25) is 0 Å². The maximum absolute atomic E-state index is 13.0. The van der Waals surface area contributed by atoms with Crippen molar-refractivity contribution in [1.29, 1.82) is 0 Å². The molecule has 1 heterocycles. The quantitative estimate of drug-likeness (QED) is 0.654. The summed E-state index contributed by atoms with van der Waals surface area (Å²) in [6, 6.07) is 14.7. The molecule has 3 aromatic rings. The molecule has 0 aliphatic heterocycles. The lowest BCUT2D eigenvalue weighted by Gasteiger charge is -2.19. The molecule has 0 spiro atoms. The molecule has 0 unspecified atom stereocenters. The second kappa shape index (κ2) is 5.25. The molecule has 2 aromatic carbocycles. The fourth-order valence-electron chi connectivity index (χ4n) is 2.47. The van der Waals surface area contributed by atoms with Crippen molar-refractivity contribution in [1.82, 2.24) is 9.55 Å². The van der Waals surface area contributed by atoms with E-state index in [1.54, 1.807) is 16.7 Å². The summed E-state index contributed by atoms with van der Waals surface area (Å²) < 4.78 is 1.68. The molecule has 0 N–H and O–H groups in total. The predicted molar refractivity (Wildman–Crippen MR) is 89.6 cm³/mol. The van der Waals surface area contributed by atoms with Gasteiger partial charge in [0.25, 0.3) is 5.91 Å². The lowest BCUT2D eigenvalue weighted by atomic mass is 9.95. The molecular formula is C18H17ClN2O. The zero-order valence-electron chi connectivity index (χ0n) is 12.8. The minimum atomic E-state index is -0.254. The summed E-state index contributed by atoms with van der Waals surface area (Å²) in [6.07, 6.45) is 0. The standard InChI is InChI=1S/C18H17ClN2O/c1-18(2,3)17-20-14-10-9-13(19)11-15(14)21(17)16(22)12-7-5-4-6-8-12/h4-11H,1-3H3. The molecule has 112 valence electrons. The summed E-state index contributed by atoms with van der Waals surface area (Å²) in [5, 5.41) is 0.593. The Morgan fingerprint density at radius 2 is 1.77 bits per heavy atom. The molecule has 0 atom stereocenters. The monoisotopic (exact) mass is 312 g/mol. The Balaban J connectivity index is 2.30. The van der Waals surface area contributed by atoms with Crippen LogP contribution in [0.15, 0.2) is 48.5 Å².